The zero-order chi connectivity index (χ0) is 15.0. The Labute approximate surface area is 124 Å². The van der Waals surface area contributed by atoms with Gasteiger partial charge in [-0.25, -0.2) is 8.42 Å². The smallest absolute Gasteiger partial charge is 0.243 e. The van der Waals surface area contributed by atoms with Crippen LogP contribution in [0.3, 0.4) is 0 Å². The first-order valence-electron chi connectivity index (χ1n) is 7.13. The molecule has 1 fully saturated rings. The second kappa shape index (κ2) is 5.47. The predicted octanol–water partition coefficient (Wildman–Crippen LogP) is 1.08. The lowest BCUT2D eigenvalue weighted by Crippen LogP contribution is -2.42. The van der Waals surface area contributed by atoms with Crippen LogP contribution in [-0.2, 0) is 10.0 Å². The van der Waals surface area contributed by atoms with E-state index in [1.165, 1.54) is 0 Å². The minimum Gasteiger partial charge on any atom is -0.454 e. The van der Waals surface area contributed by atoms with E-state index in [0.717, 1.165) is 12.8 Å². The molecule has 1 saturated heterocycles. The fourth-order valence-electron chi connectivity index (χ4n) is 2.88. The van der Waals surface area contributed by atoms with Gasteiger partial charge >= 0.3 is 0 Å². The molecule has 21 heavy (non-hydrogen) atoms. The van der Waals surface area contributed by atoms with Crippen molar-refractivity contribution in [2.45, 2.75) is 24.7 Å². The number of hydrogen-bond donors (Lipinski definition) is 1. The minimum absolute atomic E-state index is 0.136. The average molecular weight is 312 g/mol. The molecule has 2 heterocycles. The molecule has 1 unspecified atom stereocenters. The molecule has 6 nitrogen and oxygen atoms in total. The molecule has 0 aliphatic carbocycles. The highest BCUT2D eigenvalue weighted by atomic mass is 32.2. The number of benzene rings is 1. The molecule has 0 amide bonds. The van der Waals surface area contributed by atoms with Crippen LogP contribution in [0.1, 0.15) is 18.4 Å². The number of piperidine rings is 1. The lowest BCUT2D eigenvalue weighted by molar-refractivity contribution is 0.174. The molecule has 0 spiro atoms. The zero-order valence-corrected chi connectivity index (χ0v) is 12.9. The van der Waals surface area contributed by atoms with Crippen molar-refractivity contribution in [3.05, 3.63) is 17.7 Å². The van der Waals surface area contributed by atoms with Gasteiger partial charge < -0.3 is 15.2 Å². The van der Waals surface area contributed by atoms with E-state index in [-0.39, 0.29) is 12.7 Å². The first kappa shape index (κ1) is 14.6. The molecule has 3 rings (SSSR count). The summed E-state index contributed by atoms with van der Waals surface area (Å²) in [6.07, 6.45) is 1.84. The summed E-state index contributed by atoms with van der Waals surface area (Å²) in [5.74, 6) is 1.33. The van der Waals surface area contributed by atoms with Gasteiger partial charge in [0.1, 0.15) is 0 Å². The number of nitrogens with two attached hydrogens (primary N) is 1. The number of nitrogens with zero attached hydrogens (tertiary/aromatic N) is 1. The van der Waals surface area contributed by atoms with E-state index in [0.29, 0.717) is 41.6 Å². The maximum Gasteiger partial charge on any atom is 0.243 e. The van der Waals surface area contributed by atoms with Gasteiger partial charge in [-0.1, -0.05) is 0 Å². The number of aryl methyl sites for hydroxylation is 1. The highest BCUT2D eigenvalue weighted by Crippen LogP contribution is 2.37. The van der Waals surface area contributed by atoms with Crippen LogP contribution < -0.4 is 15.2 Å². The maximum atomic E-state index is 12.9. The molecule has 2 aliphatic rings. The summed E-state index contributed by atoms with van der Waals surface area (Å²) in [6.45, 7) is 3.47. The predicted molar refractivity (Wildman–Crippen MR) is 77.8 cm³/mol. The molecule has 2 N–H and O–H groups in total. The fourth-order valence-corrected chi connectivity index (χ4v) is 4.66. The van der Waals surface area contributed by atoms with Gasteiger partial charge in [-0.15, -0.1) is 0 Å². The van der Waals surface area contributed by atoms with Crippen molar-refractivity contribution in [2.75, 3.05) is 26.4 Å². The van der Waals surface area contributed by atoms with Crippen LogP contribution in [0.2, 0.25) is 0 Å². The van der Waals surface area contributed by atoms with Crippen molar-refractivity contribution in [1.82, 2.24) is 4.31 Å². The third-order valence-electron chi connectivity index (χ3n) is 4.10. The lowest BCUT2D eigenvalue weighted by Gasteiger charge is -2.31. The van der Waals surface area contributed by atoms with Gasteiger partial charge in [-0.2, -0.15) is 4.31 Å². The third kappa shape index (κ3) is 2.61. The van der Waals surface area contributed by atoms with Crippen molar-refractivity contribution < 1.29 is 17.9 Å². The Bertz CT molecular complexity index is 645. The van der Waals surface area contributed by atoms with E-state index in [4.69, 9.17) is 15.2 Å². The van der Waals surface area contributed by atoms with Crippen LogP contribution in [0.25, 0.3) is 0 Å². The van der Waals surface area contributed by atoms with Crippen molar-refractivity contribution >= 4 is 10.0 Å². The zero-order valence-electron chi connectivity index (χ0n) is 12.0. The lowest BCUT2D eigenvalue weighted by atomic mass is 10.0. The molecule has 1 aromatic rings. The van der Waals surface area contributed by atoms with Gasteiger partial charge in [0.2, 0.25) is 16.8 Å². The van der Waals surface area contributed by atoms with E-state index in [9.17, 15) is 8.42 Å². The molecule has 0 saturated carbocycles. The van der Waals surface area contributed by atoms with E-state index in [2.05, 4.69) is 0 Å². The Morgan fingerprint density at radius 2 is 2.05 bits per heavy atom. The number of sulfonamides is 1. The van der Waals surface area contributed by atoms with Crippen molar-refractivity contribution in [3.63, 3.8) is 0 Å². The average Bonchev–Trinajstić information content (AvgIpc) is 2.93. The van der Waals surface area contributed by atoms with Crippen LogP contribution in [0.4, 0.5) is 0 Å². The van der Waals surface area contributed by atoms with Crippen molar-refractivity contribution in [3.8, 4) is 11.5 Å². The van der Waals surface area contributed by atoms with E-state index in [1.54, 1.807) is 23.4 Å². The van der Waals surface area contributed by atoms with E-state index in [1.807, 2.05) is 0 Å². The van der Waals surface area contributed by atoms with Crippen LogP contribution in [0.15, 0.2) is 17.0 Å². The highest BCUT2D eigenvalue weighted by Gasteiger charge is 2.32. The molecule has 7 heteroatoms. The standard InChI is InChI=1S/C14H20N2O4S/c1-10-5-12-13(20-9-19-12)6-14(10)21(17,18)16-4-2-3-11(7-15)8-16/h5-6,11H,2-4,7-9,15H2,1H3. The molecule has 1 atom stereocenters. The minimum atomic E-state index is -3.52. The van der Waals surface area contributed by atoms with Crippen LogP contribution in [0.5, 0.6) is 11.5 Å². The second-order valence-corrected chi connectivity index (χ2v) is 7.48. The summed E-state index contributed by atoms with van der Waals surface area (Å²) in [4.78, 5) is 0.296. The van der Waals surface area contributed by atoms with Crippen LogP contribution in [-0.4, -0.2) is 39.2 Å². The quantitative estimate of drug-likeness (QED) is 0.903. The second-order valence-electron chi connectivity index (χ2n) is 5.58. The summed E-state index contributed by atoms with van der Waals surface area (Å²) >= 11 is 0. The monoisotopic (exact) mass is 312 g/mol. The first-order valence-corrected chi connectivity index (χ1v) is 8.57. The topological polar surface area (TPSA) is 81.9 Å². The number of rotatable bonds is 3. The fraction of sp³-hybridized carbons (Fsp3) is 0.571. The van der Waals surface area contributed by atoms with Crippen LogP contribution >= 0.6 is 0 Å². The molecule has 2 aliphatic heterocycles. The van der Waals surface area contributed by atoms with Gasteiger partial charge in [-0.05, 0) is 43.9 Å². The van der Waals surface area contributed by atoms with Crippen molar-refractivity contribution in [1.29, 1.82) is 0 Å². The number of hydrogen-bond acceptors (Lipinski definition) is 5. The SMILES string of the molecule is Cc1cc2c(cc1S(=O)(=O)N1CCCC(CN)C1)OCO2. The third-order valence-corrected chi connectivity index (χ3v) is 6.11. The summed E-state index contributed by atoms with van der Waals surface area (Å²) in [5.41, 5.74) is 6.37. The molecule has 1 aromatic carbocycles. The normalized spacial score (nSPS) is 22.5. The van der Waals surface area contributed by atoms with Gasteiger partial charge in [0.15, 0.2) is 11.5 Å². The van der Waals surface area contributed by atoms with Gasteiger partial charge in [0, 0.05) is 19.2 Å². The largest absolute Gasteiger partial charge is 0.454 e. The van der Waals surface area contributed by atoms with Crippen LogP contribution in [0, 0.1) is 12.8 Å². The summed E-state index contributed by atoms with van der Waals surface area (Å²) in [5, 5.41) is 0. The van der Waals surface area contributed by atoms with E-state index >= 15 is 0 Å². The molecular weight excluding hydrogens is 292 g/mol. The molecular formula is C14H20N2O4S. The van der Waals surface area contributed by atoms with E-state index < -0.39 is 10.0 Å². The highest BCUT2D eigenvalue weighted by molar-refractivity contribution is 7.89. The van der Waals surface area contributed by atoms with Gasteiger partial charge in [-0.3, -0.25) is 0 Å². The number of fused-ring (bicyclic) bond motifs is 1. The molecule has 0 radical (unpaired) electrons. The Morgan fingerprint density at radius 3 is 2.76 bits per heavy atom. The molecule has 0 aromatic heterocycles. The maximum absolute atomic E-state index is 12.9. The molecule has 116 valence electrons. The summed E-state index contributed by atoms with van der Waals surface area (Å²) in [6, 6.07) is 3.29. The van der Waals surface area contributed by atoms with Gasteiger partial charge in [0.05, 0.1) is 4.90 Å². The summed E-state index contributed by atoms with van der Waals surface area (Å²) in [7, 11) is -3.52. The summed E-state index contributed by atoms with van der Waals surface area (Å²) < 4.78 is 37.8. The van der Waals surface area contributed by atoms with Gasteiger partial charge in [0.25, 0.3) is 0 Å². The number of ether oxygens (including phenoxy) is 2. The first-order chi connectivity index (χ1) is 10.0. The Hall–Kier alpha value is -1.31. The van der Waals surface area contributed by atoms with Crippen molar-refractivity contribution in [2.24, 2.45) is 11.7 Å². The Balaban J connectivity index is 1.95. The Kier molecular flexibility index (Phi) is 3.81. The Morgan fingerprint density at radius 1 is 1.33 bits per heavy atom. The molecule has 0 bridgehead atoms.